The van der Waals surface area contributed by atoms with E-state index in [1.54, 1.807) is 0 Å². The summed E-state index contributed by atoms with van der Waals surface area (Å²) in [6.07, 6.45) is 10.5. The van der Waals surface area contributed by atoms with Gasteiger partial charge in [0.1, 0.15) is 0 Å². The normalized spacial score (nSPS) is 26.8. The molecule has 84 valence electrons. The van der Waals surface area contributed by atoms with Crippen molar-refractivity contribution in [1.82, 2.24) is 4.90 Å². The highest BCUT2D eigenvalue weighted by Crippen LogP contribution is 2.44. The molecule has 0 bridgehead atoms. The summed E-state index contributed by atoms with van der Waals surface area (Å²) < 4.78 is 0. The van der Waals surface area contributed by atoms with Gasteiger partial charge >= 0.3 is 0 Å². The molecule has 14 heavy (non-hydrogen) atoms. The van der Waals surface area contributed by atoms with Gasteiger partial charge in [0.15, 0.2) is 0 Å². The Morgan fingerprint density at radius 3 is 1.79 bits per heavy atom. The van der Waals surface area contributed by atoms with Crippen LogP contribution in [0, 0.1) is 5.41 Å². The van der Waals surface area contributed by atoms with Crippen LogP contribution < -0.4 is 0 Å². The second kappa shape index (κ2) is 5.75. The number of rotatable bonds is 0. The first-order chi connectivity index (χ1) is 6.81. The Labute approximate surface area is 89.9 Å². The highest BCUT2D eigenvalue weighted by atomic mass is 15.1. The van der Waals surface area contributed by atoms with Gasteiger partial charge in [-0.2, -0.15) is 0 Å². The van der Waals surface area contributed by atoms with Crippen molar-refractivity contribution in [3.8, 4) is 0 Å². The Bertz CT molecular complexity index is 137. The third kappa shape index (κ3) is 2.98. The standard InChI is InChI=1S/C11H21N.C2H6/c1-12-9-7-11(8-10-12)5-3-2-4-6-11;1-2/h2-10H2,1H3;1-2H3. The minimum absolute atomic E-state index is 0.796. The highest BCUT2D eigenvalue weighted by Gasteiger charge is 2.34. The molecule has 1 heterocycles. The topological polar surface area (TPSA) is 3.24 Å². The Kier molecular flexibility index (Phi) is 4.94. The van der Waals surface area contributed by atoms with Crippen molar-refractivity contribution < 1.29 is 0 Å². The molecule has 1 saturated heterocycles. The van der Waals surface area contributed by atoms with Gasteiger partial charge in [-0.1, -0.05) is 33.1 Å². The maximum Gasteiger partial charge on any atom is -0.00165 e. The molecule has 2 rings (SSSR count). The summed E-state index contributed by atoms with van der Waals surface area (Å²) in [5.41, 5.74) is 0.796. The molecule has 0 radical (unpaired) electrons. The quantitative estimate of drug-likeness (QED) is 0.572. The Hall–Kier alpha value is -0.0400. The van der Waals surface area contributed by atoms with Crippen LogP contribution in [0.1, 0.15) is 58.8 Å². The lowest BCUT2D eigenvalue weighted by molar-refractivity contribution is 0.0807. The zero-order valence-corrected chi connectivity index (χ0v) is 10.3. The van der Waals surface area contributed by atoms with Crippen molar-refractivity contribution in [3.63, 3.8) is 0 Å². The molecule has 2 fully saturated rings. The fourth-order valence-electron chi connectivity index (χ4n) is 2.89. The predicted octanol–water partition coefficient (Wildman–Crippen LogP) is 3.69. The Morgan fingerprint density at radius 2 is 1.29 bits per heavy atom. The molecule has 1 spiro atoms. The van der Waals surface area contributed by atoms with Crippen LogP contribution in [-0.4, -0.2) is 25.0 Å². The maximum absolute atomic E-state index is 2.49. The molecule has 1 nitrogen and oxygen atoms in total. The van der Waals surface area contributed by atoms with Crippen LogP contribution in [0.3, 0.4) is 0 Å². The molecule has 0 aromatic carbocycles. The van der Waals surface area contributed by atoms with E-state index >= 15 is 0 Å². The van der Waals surface area contributed by atoms with Gasteiger partial charge in [-0.05, 0) is 51.2 Å². The fraction of sp³-hybridized carbons (Fsp3) is 1.00. The third-order valence-electron chi connectivity index (χ3n) is 3.96. The minimum atomic E-state index is 0.796. The molecule has 2 aliphatic rings. The van der Waals surface area contributed by atoms with E-state index < -0.39 is 0 Å². The van der Waals surface area contributed by atoms with Crippen LogP contribution >= 0.6 is 0 Å². The lowest BCUT2D eigenvalue weighted by atomic mass is 9.68. The number of nitrogens with zero attached hydrogens (tertiary/aromatic N) is 1. The molecule has 1 saturated carbocycles. The van der Waals surface area contributed by atoms with Crippen LogP contribution in [0.25, 0.3) is 0 Å². The van der Waals surface area contributed by atoms with Crippen molar-refractivity contribution in [2.24, 2.45) is 5.41 Å². The van der Waals surface area contributed by atoms with E-state index in [-0.39, 0.29) is 0 Å². The number of hydrogen-bond acceptors (Lipinski definition) is 1. The summed E-state index contributed by atoms with van der Waals surface area (Å²) in [7, 11) is 2.26. The molecule has 0 aromatic heterocycles. The molecule has 0 amide bonds. The monoisotopic (exact) mass is 197 g/mol. The van der Waals surface area contributed by atoms with E-state index in [1.807, 2.05) is 13.8 Å². The summed E-state index contributed by atoms with van der Waals surface area (Å²) in [4.78, 5) is 2.49. The van der Waals surface area contributed by atoms with Gasteiger partial charge in [-0.25, -0.2) is 0 Å². The second-order valence-corrected chi connectivity index (χ2v) is 4.86. The molecule has 1 aliphatic carbocycles. The summed E-state index contributed by atoms with van der Waals surface area (Å²) in [5, 5.41) is 0. The molecule has 0 atom stereocenters. The average molecular weight is 197 g/mol. The van der Waals surface area contributed by atoms with E-state index in [1.165, 1.54) is 58.0 Å². The van der Waals surface area contributed by atoms with Crippen molar-refractivity contribution in [1.29, 1.82) is 0 Å². The summed E-state index contributed by atoms with van der Waals surface area (Å²) in [6, 6.07) is 0. The minimum Gasteiger partial charge on any atom is -0.306 e. The Balaban J connectivity index is 0.000000461. The molecule has 0 aromatic rings. The van der Waals surface area contributed by atoms with Gasteiger partial charge in [0, 0.05) is 0 Å². The van der Waals surface area contributed by atoms with Gasteiger partial charge in [0.2, 0.25) is 0 Å². The van der Waals surface area contributed by atoms with Crippen molar-refractivity contribution >= 4 is 0 Å². The van der Waals surface area contributed by atoms with E-state index in [2.05, 4.69) is 11.9 Å². The number of piperidine rings is 1. The lowest BCUT2D eigenvalue weighted by Crippen LogP contribution is -2.38. The largest absolute Gasteiger partial charge is 0.306 e. The predicted molar refractivity (Wildman–Crippen MR) is 63.6 cm³/mol. The molecule has 1 aliphatic heterocycles. The van der Waals surface area contributed by atoms with E-state index in [9.17, 15) is 0 Å². The highest BCUT2D eigenvalue weighted by molar-refractivity contribution is 4.87. The number of likely N-dealkylation sites (tertiary alicyclic amines) is 1. The first kappa shape index (κ1) is 12.0. The summed E-state index contributed by atoms with van der Waals surface area (Å²) >= 11 is 0. The summed E-state index contributed by atoms with van der Waals surface area (Å²) in [6.45, 7) is 6.69. The van der Waals surface area contributed by atoms with Gasteiger partial charge < -0.3 is 4.90 Å². The first-order valence-corrected chi connectivity index (χ1v) is 6.49. The van der Waals surface area contributed by atoms with Crippen molar-refractivity contribution in [2.75, 3.05) is 20.1 Å². The van der Waals surface area contributed by atoms with Crippen LogP contribution in [0.5, 0.6) is 0 Å². The molecular weight excluding hydrogens is 170 g/mol. The summed E-state index contributed by atoms with van der Waals surface area (Å²) in [5.74, 6) is 0. The van der Waals surface area contributed by atoms with E-state index in [0.717, 1.165) is 5.41 Å². The first-order valence-electron chi connectivity index (χ1n) is 6.49. The van der Waals surface area contributed by atoms with E-state index in [4.69, 9.17) is 0 Å². The van der Waals surface area contributed by atoms with Gasteiger partial charge in [0.05, 0.1) is 0 Å². The van der Waals surface area contributed by atoms with Crippen molar-refractivity contribution in [3.05, 3.63) is 0 Å². The zero-order chi connectivity index (χ0) is 10.4. The Morgan fingerprint density at radius 1 is 0.786 bits per heavy atom. The van der Waals surface area contributed by atoms with Crippen LogP contribution in [-0.2, 0) is 0 Å². The van der Waals surface area contributed by atoms with Crippen LogP contribution in [0.2, 0.25) is 0 Å². The number of hydrogen-bond donors (Lipinski definition) is 0. The fourth-order valence-corrected chi connectivity index (χ4v) is 2.89. The van der Waals surface area contributed by atoms with Crippen LogP contribution in [0.4, 0.5) is 0 Å². The molecule has 0 N–H and O–H groups in total. The average Bonchev–Trinajstić information content (AvgIpc) is 2.27. The third-order valence-corrected chi connectivity index (χ3v) is 3.96. The molecule has 1 heteroatoms. The second-order valence-electron chi connectivity index (χ2n) is 4.86. The maximum atomic E-state index is 2.49. The molecular formula is C13H27N. The smallest absolute Gasteiger partial charge is 0.00165 e. The molecule has 0 unspecified atom stereocenters. The van der Waals surface area contributed by atoms with Gasteiger partial charge in [-0.3, -0.25) is 0 Å². The van der Waals surface area contributed by atoms with Crippen molar-refractivity contribution in [2.45, 2.75) is 58.8 Å². The van der Waals surface area contributed by atoms with Crippen LogP contribution in [0.15, 0.2) is 0 Å². The lowest BCUT2D eigenvalue weighted by Gasteiger charge is -2.43. The van der Waals surface area contributed by atoms with Gasteiger partial charge in [0.25, 0.3) is 0 Å². The zero-order valence-electron chi connectivity index (χ0n) is 10.3. The van der Waals surface area contributed by atoms with Gasteiger partial charge in [-0.15, -0.1) is 0 Å². The SMILES string of the molecule is CC.CN1CCC2(CCCCC2)CC1. The van der Waals surface area contributed by atoms with E-state index in [0.29, 0.717) is 0 Å².